The van der Waals surface area contributed by atoms with Gasteiger partial charge in [0.25, 0.3) is 5.91 Å². The van der Waals surface area contributed by atoms with E-state index in [0.717, 1.165) is 36.7 Å². The van der Waals surface area contributed by atoms with E-state index in [1.54, 1.807) is 6.20 Å². The van der Waals surface area contributed by atoms with E-state index in [9.17, 15) is 18.0 Å². The van der Waals surface area contributed by atoms with Crippen molar-refractivity contribution in [2.75, 3.05) is 31.2 Å². The van der Waals surface area contributed by atoms with Gasteiger partial charge in [0.15, 0.2) is 5.82 Å². The second-order valence-electron chi connectivity index (χ2n) is 8.22. The average Bonchev–Trinajstić information content (AvgIpc) is 3.29. The van der Waals surface area contributed by atoms with Crippen molar-refractivity contribution < 1.29 is 22.7 Å². The van der Waals surface area contributed by atoms with Gasteiger partial charge in [0, 0.05) is 32.0 Å². The molecule has 0 aliphatic carbocycles. The summed E-state index contributed by atoms with van der Waals surface area (Å²) >= 11 is 0. The molecule has 1 aliphatic rings. The standard InChI is InChI=1S/C23H25F3N6O2/c1-15(2)21-18(14-30-32(21)20-6-4-17(13-28-20)23(24,25)26)22(33)29-12-16-3-5-19(27-11-16)31-7-9-34-10-8-31/h3-6,11,13-15H,7-10,12H2,1-2H3,(H,29,33). The minimum Gasteiger partial charge on any atom is -0.378 e. The van der Waals surface area contributed by atoms with Crippen LogP contribution in [-0.2, 0) is 17.5 Å². The van der Waals surface area contributed by atoms with Crippen LogP contribution in [0.1, 0.15) is 46.9 Å². The van der Waals surface area contributed by atoms with Gasteiger partial charge >= 0.3 is 6.18 Å². The van der Waals surface area contributed by atoms with Crippen molar-refractivity contribution in [3.05, 3.63) is 65.2 Å². The lowest BCUT2D eigenvalue weighted by atomic mass is 10.1. The molecule has 1 aliphatic heterocycles. The third kappa shape index (κ3) is 5.19. The fourth-order valence-corrected chi connectivity index (χ4v) is 3.73. The molecule has 1 N–H and O–H groups in total. The first-order valence-corrected chi connectivity index (χ1v) is 10.9. The number of nitrogens with one attached hydrogen (secondary N) is 1. The Bertz CT molecular complexity index is 1120. The second kappa shape index (κ2) is 9.80. The van der Waals surface area contributed by atoms with Crippen molar-refractivity contribution in [3.8, 4) is 5.82 Å². The summed E-state index contributed by atoms with van der Waals surface area (Å²) in [6, 6.07) is 6.02. The van der Waals surface area contributed by atoms with Crippen LogP contribution >= 0.6 is 0 Å². The number of carbonyl (C=O) groups excluding carboxylic acids is 1. The molecule has 4 heterocycles. The first-order chi connectivity index (χ1) is 16.2. The number of alkyl halides is 3. The van der Waals surface area contributed by atoms with Gasteiger partial charge in [-0.05, 0) is 29.7 Å². The van der Waals surface area contributed by atoms with Crippen LogP contribution in [0.5, 0.6) is 0 Å². The Balaban J connectivity index is 1.46. The van der Waals surface area contributed by atoms with Crippen LogP contribution in [-0.4, -0.2) is 52.0 Å². The van der Waals surface area contributed by atoms with Crippen LogP contribution in [0, 0.1) is 0 Å². The largest absolute Gasteiger partial charge is 0.417 e. The van der Waals surface area contributed by atoms with E-state index in [1.807, 2.05) is 26.0 Å². The normalized spacial score (nSPS) is 14.5. The number of hydrogen-bond donors (Lipinski definition) is 1. The number of anilines is 1. The molecule has 1 amide bonds. The number of amides is 1. The first-order valence-electron chi connectivity index (χ1n) is 10.9. The molecule has 3 aromatic heterocycles. The molecule has 0 aromatic carbocycles. The van der Waals surface area contributed by atoms with Crippen molar-refractivity contribution in [2.45, 2.75) is 32.5 Å². The first kappa shape index (κ1) is 23.7. The van der Waals surface area contributed by atoms with Gasteiger partial charge in [-0.3, -0.25) is 4.79 Å². The fraction of sp³-hybridized carbons (Fsp3) is 0.391. The molecule has 1 saturated heterocycles. The zero-order valence-electron chi connectivity index (χ0n) is 18.8. The van der Waals surface area contributed by atoms with Crippen molar-refractivity contribution >= 4 is 11.7 Å². The maximum atomic E-state index is 12.9. The van der Waals surface area contributed by atoms with E-state index >= 15 is 0 Å². The highest BCUT2D eigenvalue weighted by atomic mass is 19.4. The lowest BCUT2D eigenvalue weighted by molar-refractivity contribution is -0.137. The van der Waals surface area contributed by atoms with Crippen LogP contribution in [0.15, 0.2) is 42.9 Å². The molecule has 34 heavy (non-hydrogen) atoms. The molecule has 0 bridgehead atoms. The zero-order chi connectivity index (χ0) is 24.3. The fourth-order valence-electron chi connectivity index (χ4n) is 3.73. The third-order valence-electron chi connectivity index (χ3n) is 5.49. The summed E-state index contributed by atoms with van der Waals surface area (Å²) in [4.78, 5) is 23.4. The van der Waals surface area contributed by atoms with Crippen LogP contribution < -0.4 is 10.2 Å². The number of rotatable bonds is 6. The monoisotopic (exact) mass is 474 g/mol. The highest BCUT2D eigenvalue weighted by molar-refractivity contribution is 5.95. The molecule has 180 valence electrons. The molecule has 0 saturated carbocycles. The smallest absolute Gasteiger partial charge is 0.378 e. The van der Waals surface area contributed by atoms with Crippen molar-refractivity contribution in [1.82, 2.24) is 25.1 Å². The van der Waals surface area contributed by atoms with Crippen LogP contribution in [0.4, 0.5) is 19.0 Å². The van der Waals surface area contributed by atoms with Crippen molar-refractivity contribution in [3.63, 3.8) is 0 Å². The Hall–Kier alpha value is -3.47. The van der Waals surface area contributed by atoms with Crippen LogP contribution in [0.2, 0.25) is 0 Å². The minimum atomic E-state index is -4.48. The molecule has 0 unspecified atom stereocenters. The van der Waals surface area contributed by atoms with Gasteiger partial charge in [0.05, 0.1) is 36.2 Å². The van der Waals surface area contributed by atoms with Gasteiger partial charge in [-0.2, -0.15) is 18.3 Å². The molecule has 11 heteroatoms. The summed E-state index contributed by atoms with van der Waals surface area (Å²) in [6.45, 7) is 6.96. The Labute approximate surface area is 194 Å². The molecule has 3 aromatic rings. The average molecular weight is 474 g/mol. The Morgan fingerprint density at radius 2 is 1.76 bits per heavy atom. The molecular weight excluding hydrogens is 449 g/mol. The summed E-state index contributed by atoms with van der Waals surface area (Å²) in [7, 11) is 0. The van der Waals surface area contributed by atoms with Crippen LogP contribution in [0.3, 0.4) is 0 Å². The van der Waals surface area contributed by atoms with E-state index in [2.05, 4.69) is 25.3 Å². The second-order valence-corrected chi connectivity index (χ2v) is 8.22. The molecular formula is C23H25F3N6O2. The van der Waals surface area contributed by atoms with E-state index in [-0.39, 0.29) is 24.2 Å². The van der Waals surface area contributed by atoms with Gasteiger partial charge in [0.2, 0.25) is 0 Å². The van der Waals surface area contributed by atoms with E-state index in [0.29, 0.717) is 24.5 Å². The maximum Gasteiger partial charge on any atom is 0.417 e. The number of morpholine rings is 1. The molecule has 1 fully saturated rings. The highest BCUT2D eigenvalue weighted by Crippen LogP contribution is 2.29. The summed E-state index contributed by atoms with van der Waals surface area (Å²) in [5.74, 6) is 0.616. The zero-order valence-corrected chi connectivity index (χ0v) is 18.8. The van der Waals surface area contributed by atoms with Gasteiger partial charge in [-0.15, -0.1) is 0 Å². The Morgan fingerprint density at radius 1 is 1.06 bits per heavy atom. The third-order valence-corrected chi connectivity index (χ3v) is 5.49. The lowest BCUT2D eigenvalue weighted by Crippen LogP contribution is -2.36. The summed E-state index contributed by atoms with van der Waals surface area (Å²) in [5, 5.41) is 7.09. The molecule has 0 atom stereocenters. The number of nitrogens with zero attached hydrogens (tertiary/aromatic N) is 5. The Kier molecular flexibility index (Phi) is 6.82. The molecule has 4 rings (SSSR count). The molecule has 0 spiro atoms. The quantitative estimate of drug-likeness (QED) is 0.588. The number of aromatic nitrogens is 4. The summed E-state index contributed by atoms with van der Waals surface area (Å²) < 4.78 is 45.3. The summed E-state index contributed by atoms with van der Waals surface area (Å²) in [6.07, 6.45) is -0.584. The Morgan fingerprint density at radius 3 is 2.35 bits per heavy atom. The number of hydrogen-bond acceptors (Lipinski definition) is 6. The number of ether oxygens (including phenoxy) is 1. The minimum absolute atomic E-state index is 0.123. The topological polar surface area (TPSA) is 85.2 Å². The van der Waals surface area contributed by atoms with Crippen molar-refractivity contribution in [1.29, 1.82) is 0 Å². The van der Waals surface area contributed by atoms with E-state index in [1.165, 1.54) is 16.9 Å². The lowest BCUT2D eigenvalue weighted by Gasteiger charge is -2.27. The van der Waals surface area contributed by atoms with Gasteiger partial charge in [-0.1, -0.05) is 19.9 Å². The van der Waals surface area contributed by atoms with Crippen LogP contribution in [0.25, 0.3) is 5.82 Å². The number of pyridine rings is 2. The molecule has 0 radical (unpaired) electrons. The van der Waals surface area contributed by atoms with Gasteiger partial charge in [-0.25, -0.2) is 14.6 Å². The molecule has 8 nitrogen and oxygen atoms in total. The highest BCUT2D eigenvalue weighted by Gasteiger charge is 2.31. The SMILES string of the molecule is CC(C)c1c(C(=O)NCc2ccc(N3CCOCC3)nc2)cnn1-c1ccc(C(F)(F)F)cn1. The predicted molar refractivity (Wildman–Crippen MR) is 119 cm³/mol. The summed E-state index contributed by atoms with van der Waals surface area (Å²) in [5.41, 5.74) is 0.897. The van der Waals surface area contributed by atoms with Gasteiger partial charge in [0.1, 0.15) is 5.82 Å². The number of halogens is 3. The van der Waals surface area contributed by atoms with Gasteiger partial charge < -0.3 is 15.0 Å². The van der Waals surface area contributed by atoms with E-state index in [4.69, 9.17) is 4.74 Å². The van der Waals surface area contributed by atoms with Crippen molar-refractivity contribution in [2.24, 2.45) is 0 Å². The van der Waals surface area contributed by atoms with E-state index < -0.39 is 11.7 Å². The predicted octanol–water partition coefficient (Wildman–Crippen LogP) is 3.57. The maximum absolute atomic E-state index is 12.9. The number of carbonyl (C=O) groups is 1.